The second-order valence-corrected chi connectivity index (χ2v) is 4.41. The van der Waals surface area contributed by atoms with Gasteiger partial charge in [-0.25, -0.2) is 0 Å². The van der Waals surface area contributed by atoms with Crippen molar-refractivity contribution in [3.05, 3.63) is 53.9 Å². The number of nitrogens with zero attached hydrogens (tertiary/aromatic N) is 1. The number of hydrogen-bond acceptors (Lipinski definition) is 3. The standard InChI is InChI=1S/C15H15F3N2O/c1-2-19-8-11-7-12(10-20-9-11)21-14-6-4-3-5-13(14)15(16,17)18/h3-7,9-10,19H,2,8H2,1H3. The number of aromatic nitrogens is 1. The Morgan fingerprint density at radius 1 is 1.19 bits per heavy atom. The monoisotopic (exact) mass is 296 g/mol. The third-order valence-corrected chi connectivity index (χ3v) is 2.77. The lowest BCUT2D eigenvalue weighted by Gasteiger charge is -2.13. The molecular weight excluding hydrogens is 281 g/mol. The van der Waals surface area contributed by atoms with Gasteiger partial charge < -0.3 is 10.1 Å². The van der Waals surface area contributed by atoms with E-state index in [0.717, 1.165) is 18.2 Å². The van der Waals surface area contributed by atoms with Crippen LogP contribution in [0, 0.1) is 0 Å². The van der Waals surface area contributed by atoms with Crippen LogP contribution < -0.4 is 10.1 Å². The number of ether oxygens (including phenoxy) is 1. The maximum Gasteiger partial charge on any atom is 0.419 e. The van der Waals surface area contributed by atoms with Gasteiger partial charge in [-0.05, 0) is 30.3 Å². The van der Waals surface area contributed by atoms with Crippen LogP contribution in [0.25, 0.3) is 0 Å². The highest BCUT2D eigenvalue weighted by atomic mass is 19.4. The number of para-hydroxylation sites is 1. The highest BCUT2D eigenvalue weighted by molar-refractivity contribution is 5.39. The van der Waals surface area contributed by atoms with Gasteiger partial charge in [0.15, 0.2) is 0 Å². The average Bonchev–Trinajstić information content (AvgIpc) is 2.45. The van der Waals surface area contributed by atoms with Crippen LogP contribution in [0.1, 0.15) is 18.1 Å². The van der Waals surface area contributed by atoms with Crippen molar-refractivity contribution in [2.24, 2.45) is 0 Å². The van der Waals surface area contributed by atoms with Gasteiger partial charge in [0.2, 0.25) is 0 Å². The molecule has 1 N–H and O–H groups in total. The van der Waals surface area contributed by atoms with Crippen molar-refractivity contribution in [1.82, 2.24) is 10.3 Å². The number of halogens is 3. The Morgan fingerprint density at radius 2 is 1.95 bits per heavy atom. The van der Waals surface area contributed by atoms with Gasteiger partial charge in [0.05, 0.1) is 11.8 Å². The van der Waals surface area contributed by atoms with E-state index in [0.29, 0.717) is 6.54 Å². The second kappa shape index (κ2) is 6.58. The molecule has 112 valence electrons. The molecule has 2 aromatic rings. The minimum atomic E-state index is -4.45. The predicted octanol–water partition coefficient (Wildman–Crippen LogP) is 4.00. The maximum atomic E-state index is 12.9. The van der Waals surface area contributed by atoms with E-state index < -0.39 is 11.7 Å². The molecule has 0 aliphatic carbocycles. The van der Waals surface area contributed by atoms with Crippen LogP contribution in [0.4, 0.5) is 13.2 Å². The molecule has 0 fully saturated rings. The molecule has 1 heterocycles. The van der Waals surface area contributed by atoms with Crippen molar-refractivity contribution in [3.8, 4) is 11.5 Å². The lowest BCUT2D eigenvalue weighted by molar-refractivity contribution is -0.138. The molecule has 0 amide bonds. The van der Waals surface area contributed by atoms with E-state index in [2.05, 4.69) is 10.3 Å². The topological polar surface area (TPSA) is 34.2 Å². The molecule has 2 rings (SSSR count). The van der Waals surface area contributed by atoms with Gasteiger partial charge in [-0.1, -0.05) is 19.1 Å². The highest BCUT2D eigenvalue weighted by Gasteiger charge is 2.34. The second-order valence-electron chi connectivity index (χ2n) is 4.41. The van der Waals surface area contributed by atoms with Crippen LogP contribution in [-0.2, 0) is 12.7 Å². The molecular formula is C15H15F3N2O. The molecule has 0 spiro atoms. The summed E-state index contributed by atoms with van der Waals surface area (Å²) in [4.78, 5) is 3.98. The van der Waals surface area contributed by atoms with Gasteiger partial charge in [0.25, 0.3) is 0 Å². The van der Waals surface area contributed by atoms with Crippen molar-refractivity contribution in [2.45, 2.75) is 19.6 Å². The minimum absolute atomic E-state index is 0.229. The van der Waals surface area contributed by atoms with E-state index in [4.69, 9.17) is 4.74 Å². The summed E-state index contributed by atoms with van der Waals surface area (Å²) < 4.78 is 44.0. The zero-order valence-electron chi connectivity index (χ0n) is 11.4. The molecule has 3 nitrogen and oxygen atoms in total. The lowest BCUT2D eigenvalue weighted by atomic mass is 10.2. The number of rotatable bonds is 5. The normalized spacial score (nSPS) is 11.4. The van der Waals surface area contributed by atoms with Gasteiger partial charge in [-0.3, -0.25) is 4.98 Å². The Labute approximate surface area is 120 Å². The Balaban J connectivity index is 2.23. The van der Waals surface area contributed by atoms with E-state index in [1.807, 2.05) is 6.92 Å². The van der Waals surface area contributed by atoms with Gasteiger partial charge in [0, 0.05) is 12.7 Å². The summed E-state index contributed by atoms with van der Waals surface area (Å²) >= 11 is 0. The Hall–Kier alpha value is -2.08. The van der Waals surface area contributed by atoms with Crippen LogP contribution in [0.15, 0.2) is 42.7 Å². The van der Waals surface area contributed by atoms with Gasteiger partial charge >= 0.3 is 6.18 Å². The summed E-state index contributed by atoms with van der Waals surface area (Å²) in [6, 6.07) is 6.78. The van der Waals surface area contributed by atoms with Gasteiger partial charge in [-0.2, -0.15) is 13.2 Å². The van der Waals surface area contributed by atoms with Crippen LogP contribution in [-0.4, -0.2) is 11.5 Å². The van der Waals surface area contributed by atoms with Crippen molar-refractivity contribution < 1.29 is 17.9 Å². The molecule has 0 saturated heterocycles. The molecule has 6 heteroatoms. The summed E-state index contributed by atoms with van der Waals surface area (Å²) in [6.07, 6.45) is -1.42. The van der Waals surface area contributed by atoms with E-state index in [1.165, 1.54) is 24.4 Å². The number of pyridine rings is 1. The Kier molecular flexibility index (Phi) is 4.80. The lowest BCUT2D eigenvalue weighted by Crippen LogP contribution is -2.12. The SMILES string of the molecule is CCNCc1cncc(Oc2ccccc2C(F)(F)F)c1. The number of hydrogen-bond donors (Lipinski definition) is 1. The third kappa shape index (κ3) is 4.19. The first-order valence-corrected chi connectivity index (χ1v) is 6.49. The summed E-state index contributed by atoms with van der Waals surface area (Å²) in [7, 11) is 0. The molecule has 0 radical (unpaired) electrons. The quantitative estimate of drug-likeness (QED) is 0.905. The van der Waals surface area contributed by atoms with Crippen LogP contribution in [0.5, 0.6) is 11.5 Å². The molecule has 0 atom stereocenters. The fourth-order valence-corrected chi connectivity index (χ4v) is 1.80. The Morgan fingerprint density at radius 3 is 2.67 bits per heavy atom. The highest BCUT2D eigenvalue weighted by Crippen LogP contribution is 2.37. The molecule has 21 heavy (non-hydrogen) atoms. The molecule has 1 aromatic heterocycles. The van der Waals surface area contributed by atoms with Crippen LogP contribution >= 0.6 is 0 Å². The molecule has 0 aliphatic heterocycles. The number of alkyl halides is 3. The summed E-state index contributed by atoms with van der Waals surface area (Å²) in [5, 5.41) is 3.12. The van der Waals surface area contributed by atoms with Crippen molar-refractivity contribution in [3.63, 3.8) is 0 Å². The van der Waals surface area contributed by atoms with E-state index in [9.17, 15) is 13.2 Å². The third-order valence-electron chi connectivity index (χ3n) is 2.77. The predicted molar refractivity (Wildman–Crippen MR) is 73.1 cm³/mol. The maximum absolute atomic E-state index is 12.9. The van der Waals surface area contributed by atoms with E-state index in [1.54, 1.807) is 12.3 Å². The smallest absolute Gasteiger partial charge is 0.419 e. The van der Waals surface area contributed by atoms with Crippen molar-refractivity contribution in [1.29, 1.82) is 0 Å². The van der Waals surface area contributed by atoms with Gasteiger partial charge in [-0.15, -0.1) is 0 Å². The zero-order valence-corrected chi connectivity index (χ0v) is 11.4. The van der Waals surface area contributed by atoms with E-state index in [-0.39, 0.29) is 11.5 Å². The number of benzene rings is 1. The minimum Gasteiger partial charge on any atom is -0.455 e. The summed E-state index contributed by atoms with van der Waals surface area (Å²) in [5.41, 5.74) is 0.0425. The zero-order chi connectivity index (χ0) is 15.3. The fourth-order valence-electron chi connectivity index (χ4n) is 1.80. The van der Waals surface area contributed by atoms with Crippen molar-refractivity contribution in [2.75, 3.05) is 6.54 Å². The largest absolute Gasteiger partial charge is 0.455 e. The van der Waals surface area contributed by atoms with Crippen LogP contribution in [0.2, 0.25) is 0 Å². The first-order chi connectivity index (χ1) is 10.0. The molecule has 0 unspecified atom stereocenters. The molecule has 0 saturated carbocycles. The van der Waals surface area contributed by atoms with E-state index >= 15 is 0 Å². The average molecular weight is 296 g/mol. The van der Waals surface area contributed by atoms with Gasteiger partial charge in [0.1, 0.15) is 11.5 Å². The van der Waals surface area contributed by atoms with Crippen LogP contribution in [0.3, 0.4) is 0 Å². The first kappa shape index (κ1) is 15.3. The number of nitrogens with one attached hydrogen (secondary N) is 1. The molecule has 0 aliphatic rings. The molecule has 0 bridgehead atoms. The fraction of sp³-hybridized carbons (Fsp3) is 0.267. The first-order valence-electron chi connectivity index (χ1n) is 6.49. The molecule has 1 aromatic carbocycles. The van der Waals surface area contributed by atoms with Crippen molar-refractivity contribution >= 4 is 0 Å². The Bertz CT molecular complexity index is 599. The summed E-state index contributed by atoms with van der Waals surface area (Å²) in [6.45, 7) is 3.34. The summed E-state index contributed by atoms with van der Waals surface area (Å²) in [5.74, 6) is 0.0505.